The molecule has 132 valence electrons. The van der Waals surface area contributed by atoms with E-state index in [4.69, 9.17) is 5.11 Å². The molecule has 0 spiro atoms. The van der Waals surface area contributed by atoms with Crippen molar-refractivity contribution in [2.24, 2.45) is 0 Å². The van der Waals surface area contributed by atoms with Crippen molar-refractivity contribution in [2.45, 2.75) is 32.2 Å². The number of benzene rings is 1. The molecule has 0 unspecified atom stereocenters. The Hall–Kier alpha value is -2.67. The summed E-state index contributed by atoms with van der Waals surface area (Å²) in [5.41, 5.74) is 0.271. The van der Waals surface area contributed by atoms with Gasteiger partial charge in [-0.15, -0.1) is 11.3 Å². The number of aliphatic carboxylic acids is 1. The van der Waals surface area contributed by atoms with Crippen LogP contribution < -0.4 is 10.6 Å². The Kier molecular flexibility index (Phi) is 5.93. The highest BCUT2D eigenvalue weighted by Crippen LogP contribution is 2.17. The molecular weight excluding hydrogens is 340 g/mol. The summed E-state index contributed by atoms with van der Waals surface area (Å²) in [4.78, 5) is 35.8. The first-order valence-corrected chi connectivity index (χ1v) is 8.64. The highest BCUT2D eigenvalue weighted by atomic mass is 32.1. The van der Waals surface area contributed by atoms with Gasteiger partial charge < -0.3 is 15.7 Å². The van der Waals surface area contributed by atoms with Crippen LogP contribution in [0.25, 0.3) is 0 Å². The van der Waals surface area contributed by atoms with Gasteiger partial charge in [-0.3, -0.25) is 14.4 Å². The number of carboxylic acid groups (broad SMARTS) is 1. The second-order valence-electron chi connectivity index (χ2n) is 6.24. The molecule has 2 rings (SSSR count). The van der Waals surface area contributed by atoms with E-state index >= 15 is 0 Å². The third-order valence-corrected chi connectivity index (χ3v) is 4.41. The maximum absolute atomic E-state index is 12.4. The van der Waals surface area contributed by atoms with Crippen molar-refractivity contribution in [3.8, 4) is 0 Å². The zero-order chi connectivity index (χ0) is 18.4. The summed E-state index contributed by atoms with van der Waals surface area (Å²) in [5, 5.41) is 16.2. The van der Waals surface area contributed by atoms with E-state index < -0.39 is 11.5 Å². The Morgan fingerprint density at radius 2 is 1.88 bits per heavy atom. The lowest BCUT2D eigenvalue weighted by Gasteiger charge is -2.25. The Labute approximate surface area is 149 Å². The Morgan fingerprint density at radius 1 is 1.12 bits per heavy atom. The normalized spacial score (nSPS) is 11.0. The van der Waals surface area contributed by atoms with Crippen molar-refractivity contribution in [1.82, 2.24) is 5.32 Å². The molecule has 1 aromatic heterocycles. The fourth-order valence-electron chi connectivity index (χ4n) is 2.20. The van der Waals surface area contributed by atoms with Crippen LogP contribution in [0.2, 0.25) is 0 Å². The van der Waals surface area contributed by atoms with Gasteiger partial charge in [0.25, 0.3) is 11.8 Å². The molecule has 1 aromatic carbocycles. The highest BCUT2D eigenvalue weighted by molar-refractivity contribution is 7.12. The van der Waals surface area contributed by atoms with Crippen LogP contribution in [0, 0.1) is 0 Å². The minimum Gasteiger partial charge on any atom is -0.481 e. The molecule has 0 saturated heterocycles. The van der Waals surface area contributed by atoms with E-state index in [1.54, 1.807) is 50.2 Å². The van der Waals surface area contributed by atoms with Crippen molar-refractivity contribution < 1.29 is 19.5 Å². The number of nitrogens with one attached hydrogen (secondary N) is 2. The fraction of sp³-hybridized carbons (Fsp3) is 0.278. The maximum atomic E-state index is 12.4. The van der Waals surface area contributed by atoms with Gasteiger partial charge in [-0.25, -0.2) is 0 Å². The average molecular weight is 360 g/mol. The molecular formula is C18H20N2O4S. The van der Waals surface area contributed by atoms with Crippen LogP contribution in [0.5, 0.6) is 0 Å². The molecule has 3 N–H and O–H groups in total. The van der Waals surface area contributed by atoms with Gasteiger partial charge in [-0.2, -0.15) is 0 Å². The molecule has 0 radical (unpaired) electrons. The number of hydrogen-bond donors (Lipinski definition) is 3. The van der Waals surface area contributed by atoms with Crippen molar-refractivity contribution in [3.63, 3.8) is 0 Å². The van der Waals surface area contributed by atoms with Gasteiger partial charge in [-0.05, 0) is 49.9 Å². The van der Waals surface area contributed by atoms with E-state index in [0.717, 1.165) is 0 Å². The summed E-state index contributed by atoms with van der Waals surface area (Å²) in [5.74, 6) is -1.45. The largest absolute Gasteiger partial charge is 0.481 e. The molecule has 25 heavy (non-hydrogen) atoms. The van der Waals surface area contributed by atoms with Crippen molar-refractivity contribution >= 4 is 34.8 Å². The van der Waals surface area contributed by atoms with Crippen LogP contribution in [0.15, 0.2) is 41.8 Å². The molecule has 0 atom stereocenters. The highest BCUT2D eigenvalue weighted by Gasteiger charge is 2.22. The number of carbonyl (C=O) groups is 3. The minimum atomic E-state index is -0.902. The number of carboxylic acids is 1. The predicted molar refractivity (Wildman–Crippen MR) is 97.1 cm³/mol. The quantitative estimate of drug-likeness (QED) is 0.705. The lowest BCUT2D eigenvalue weighted by molar-refractivity contribution is -0.137. The van der Waals surface area contributed by atoms with Crippen LogP contribution in [-0.4, -0.2) is 28.4 Å². The van der Waals surface area contributed by atoms with Gasteiger partial charge in [0.05, 0.1) is 4.88 Å². The first-order valence-electron chi connectivity index (χ1n) is 7.76. The maximum Gasteiger partial charge on any atom is 0.303 e. The standard InChI is InChI=1S/C18H20N2O4S/c1-18(2,9-8-15(21)22)20-16(23)12-5-3-6-13(11-12)19-17(24)14-7-4-10-25-14/h3-7,10-11H,8-9H2,1-2H3,(H,19,24)(H,20,23)(H,21,22). The number of thiophene rings is 1. The van der Waals surface area contributed by atoms with E-state index in [2.05, 4.69) is 10.6 Å². The smallest absolute Gasteiger partial charge is 0.303 e. The molecule has 0 bridgehead atoms. The summed E-state index contributed by atoms with van der Waals surface area (Å²) >= 11 is 1.34. The van der Waals surface area contributed by atoms with Crippen LogP contribution >= 0.6 is 11.3 Å². The van der Waals surface area contributed by atoms with Gasteiger partial charge in [-0.1, -0.05) is 12.1 Å². The summed E-state index contributed by atoms with van der Waals surface area (Å²) in [6.07, 6.45) is 0.299. The molecule has 0 fully saturated rings. The Morgan fingerprint density at radius 3 is 2.52 bits per heavy atom. The first-order chi connectivity index (χ1) is 11.8. The third-order valence-electron chi connectivity index (χ3n) is 3.54. The van der Waals surface area contributed by atoms with Crippen molar-refractivity contribution in [3.05, 3.63) is 52.2 Å². The third kappa shape index (κ3) is 5.72. The number of amides is 2. The van der Waals surface area contributed by atoms with Crippen LogP contribution in [-0.2, 0) is 4.79 Å². The monoisotopic (exact) mass is 360 g/mol. The number of hydrogen-bond acceptors (Lipinski definition) is 4. The summed E-state index contributed by atoms with van der Waals surface area (Å²) in [6, 6.07) is 10.1. The first kappa shape index (κ1) is 18.7. The molecule has 2 aromatic rings. The number of carbonyl (C=O) groups excluding carboxylic acids is 2. The van der Waals surface area contributed by atoms with Gasteiger partial charge in [0.15, 0.2) is 0 Å². The zero-order valence-electron chi connectivity index (χ0n) is 14.0. The van der Waals surface area contributed by atoms with Crippen LogP contribution in [0.4, 0.5) is 5.69 Å². The van der Waals surface area contributed by atoms with Crippen LogP contribution in [0.3, 0.4) is 0 Å². The zero-order valence-corrected chi connectivity index (χ0v) is 14.9. The van der Waals surface area contributed by atoms with E-state index in [0.29, 0.717) is 22.5 Å². The number of anilines is 1. The minimum absolute atomic E-state index is 0.0236. The van der Waals surface area contributed by atoms with E-state index in [9.17, 15) is 14.4 Å². The SMILES string of the molecule is CC(C)(CCC(=O)O)NC(=O)c1cccc(NC(=O)c2cccs2)c1. The fourth-order valence-corrected chi connectivity index (χ4v) is 2.82. The number of rotatable bonds is 7. The molecule has 0 saturated carbocycles. The summed E-state index contributed by atoms with van der Waals surface area (Å²) < 4.78 is 0. The second-order valence-corrected chi connectivity index (χ2v) is 7.19. The van der Waals surface area contributed by atoms with Gasteiger partial charge in [0, 0.05) is 23.2 Å². The molecule has 2 amide bonds. The molecule has 0 aliphatic heterocycles. The van der Waals surface area contributed by atoms with Crippen LogP contribution in [0.1, 0.15) is 46.7 Å². The average Bonchev–Trinajstić information content (AvgIpc) is 3.07. The van der Waals surface area contributed by atoms with E-state index in [1.807, 2.05) is 5.38 Å². The molecule has 0 aliphatic carbocycles. The van der Waals surface area contributed by atoms with Gasteiger partial charge in [0.1, 0.15) is 0 Å². The lowest BCUT2D eigenvalue weighted by Crippen LogP contribution is -2.43. The van der Waals surface area contributed by atoms with Gasteiger partial charge >= 0.3 is 5.97 Å². The molecule has 0 aliphatic rings. The summed E-state index contributed by atoms with van der Waals surface area (Å²) in [7, 11) is 0. The molecule has 1 heterocycles. The van der Waals surface area contributed by atoms with E-state index in [-0.39, 0.29) is 18.2 Å². The second kappa shape index (κ2) is 7.94. The Bertz CT molecular complexity index is 769. The lowest BCUT2D eigenvalue weighted by atomic mass is 9.97. The predicted octanol–water partition coefficient (Wildman–Crippen LogP) is 3.37. The Balaban J connectivity index is 2.03. The van der Waals surface area contributed by atoms with E-state index in [1.165, 1.54) is 11.3 Å². The van der Waals surface area contributed by atoms with Crippen molar-refractivity contribution in [1.29, 1.82) is 0 Å². The molecule has 7 heteroatoms. The molecule has 6 nitrogen and oxygen atoms in total. The summed E-state index contributed by atoms with van der Waals surface area (Å²) in [6.45, 7) is 3.55. The topological polar surface area (TPSA) is 95.5 Å². The van der Waals surface area contributed by atoms with Crippen molar-refractivity contribution in [2.75, 3.05) is 5.32 Å². The van der Waals surface area contributed by atoms with Gasteiger partial charge in [0.2, 0.25) is 0 Å².